The molecule has 31 heavy (non-hydrogen) atoms. The third kappa shape index (κ3) is 5.68. The number of allylic oxidation sites excluding steroid dienone is 1. The van der Waals surface area contributed by atoms with Crippen molar-refractivity contribution in [1.29, 1.82) is 0 Å². The lowest BCUT2D eigenvalue weighted by Crippen LogP contribution is -2.22. The maximum atomic E-state index is 12.3. The molecule has 0 radical (unpaired) electrons. The molecule has 0 saturated carbocycles. The van der Waals surface area contributed by atoms with Crippen LogP contribution < -0.4 is 14.2 Å². The van der Waals surface area contributed by atoms with Crippen molar-refractivity contribution in [2.24, 2.45) is 0 Å². The first kappa shape index (κ1) is 22.9. The predicted octanol–water partition coefficient (Wildman–Crippen LogP) is 5.02. The Kier molecular flexibility index (Phi) is 7.76. The van der Waals surface area contributed by atoms with Gasteiger partial charge in [0.25, 0.3) is 5.91 Å². The van der Waals surface area contributed by atoms with E-state index in [0.717, 1.165) is 16.9 Å². The van der Waals surface area contributed by atoms with Gasteiger partial charge < -0.3 is 14.2 Å². The van der Waals surface area contributed by atoms with Crippen molar-refractivity contribution in [3.8, 4) is 17.2 Å². The number of carbonyl (C=O) groups is 1. The lowest BCUT2D eigenvalue weighted by atomic mass is 10.0. The molecule has 2 aromatic rings. The quantitative estimate of drug-likeness (QED) is 0.229. The summed E-state index contributed by atoms with van der Waals surface area (Å²) in [7, 11) is 3.27. The average Bonchev–Trinajstić information content (AvgIpc) is 3.00. The fraction of sp³-hybridized carbons (Fsp3) is 0.250. The smallest absolute Gasteiger partial charge is 0.265 e. The Morgan fingerprint density at radius 3 is 2.48 bits per heavy atom. The van der Waals surface area contributed by atoms with Crippen LogP contribution in [-0.2, 0) is 11.2 Å². The van der Waals surface area contributed by atoms with Crippen LogP contribution in [0.15, 0.2) is 54.0 Å². The lowest BCUT2D eigenvalue weighted by Gasteiger charge is -2.16. The van der Waals surface area contributed by atoms with Crippen molar-refractivity contribution < 1.29 is 19.0 Å². The standard InChI is InChI=1S/C24H25NO4S2/c1-5-6-18-13-17(15-21-23(26)25(3)24(30)31-21)14-20(27-4)22(18)29-12-11-28-19-9-7-16(2)8-10-19/h5,7-10,13-15H,1,6,11-12H2,2-4H3. The van der Waals surface area contributed by atoms with Crippen LogP contribution in [0.5, 0.6) is 17.2 Å². The molecule has 1 amide bonds. The first-order valence-electron chi connectivity index (χ1n) is 9.78. The summed E-state index contributed by atoms with van der Waals surface area (Å²) < 4.78 is 17.9. The van der Waals surface area contributed by atoms with Gasteiger partial charge in [0, 0.05) is 12.6 Å². The molecule has 0 atom stereocenters. The Bertz CT molecular complexity index is 1010. The normalized spacial score (nSPS) is 14.8. The van der Waals surface area contributed by atoms with Gasteiger partial charge >= 0.3 is 0 Å². The van der Waals surface area contributed by atoms with E-state index in [0.29, 0.717) is 40.4 Å². The Morgan fingerprint density at radius 1 is 1.16 bits per heavy atom. The van der Waals surface area contributed by atoms with Crippen LogP contribution in [-0.4, -0.2) is 42.5 Å². The topological polar surface area (TPSA) is 48.0 Å². The largest absolute Gasteiger partial charge is 0.493 e. The molecule has 1 aliphatic heterocycles. The molecule has 0 aromatic heterocycles. The number of thioether (sulfide) groups is 1. The minimum atomic E-state index is -0.104. The first-order chi connectivity index (χ1) is 14.9. The SMILES string of the molecule is C=CCc1cc(C=C2SC(=S)N(C)C2=O)cc(OC)c1OCCOc1ccc(C)cc1. The van der Waals surface area contributed by atoms with Gasteiger partial charge in [-0.3, -0.25) is 9.69 Å². The summed E-state index contributed by atoms with van der Waals surface area (Å²) in [6.07, 6.45) is 4.23. The maximum Gasteiger partial charge on any atom is 0.265 e. The highest BCUT2D eigenvalue weighted by atomic mass is 32.2. The van der Waals surface area contributed by atoms with Crippen LogP contribution in [0, 0.1) is 6.92 Å². The predicted molar refractivity (Wildman–Crippen MR) is 130 cm³/mol. The van der Waals surface area contributed by atoms with E-state index in [1.54, 1.807) is 20.2 Å². The van der Waals surface area contributed by atoms with Gasteiger partial charge in [0.05, 0.1) is 12.0 Å². The summed E-state index contributed by atoms with van der Waals surface area (Å²) in [4.78, 5) is 14.4. The highest BCUT2D eigenvalue weighted by molar-refractivity contribution is 8.26. The molecule has 0 N–H and O–H groups in total. The van der Waals surface area contributed by atoms with Crippen LogP contribution >= 0.6 is 24.0 Å². The molecule has 0 aliphatic carbocycles. The molecule has 0 spiro atoms. The van der Waals surface area contributed by atoms with Crippen LogP contribution in [0.1, 0.15) is 16.7 Å². The molecule has 162 valence electrons. The van der Waals surface area contributed by atoms with E-state index in [-0.39, 0.29) is 5.91 Å². The summed E-state index contributed by atoms with van der Waals surface area (Å²) >= 11 is 6.50. The van der Waals surface area contributed by atoms with E-state index in [1.807, 2.05) is 49.4 Å². The van der Waals surface area contributed by atoms with Crippen LogP contribution in [0.4, 0.5) is 0 Å². The molecule has 0 bridgehead atoms. The molecule has 7 heteroatoms. The maximum absolute atomic E-state index is 12.3. The van der Waals surface area contributed by atoms with Crippen molar-refractivity contribution in [3.05, 3.63) is 70.6 Å². The molecule has 0 unspecified atom stereocenters. The average molecular weight is 456 g/mol. The molecule has 3 rings (SSSR count). The number of hydrogen-bond acceptors (Lipinski definition) is 6. The number of amides is 1. The highest BCUT2D eigenvalue weighted by Crippen LogP contribution is 2.37. The van der Waals surface area contributed by atoms with Gasteiger partial charge in [0.1, 0.15) is 23.3 Å². The van der Waals surface area contributed by atoms with Crippen molar-refractivity contribution in [2.45, 2.75) is 13.3 Å². The molecular weight excluding hydrogens is 430 g/mol. The van der Waals surface area contributed by atoms with Gasteiger partial charge in [-0.05, 0) is 49.2 Å². The van der Waals surface area contributed by atoms with E-state index in [2.05, 4.69) is 6.58 Å². The fourth-order valence-corrected chi connectivity index (χ4v) is 4.20. The minimum absolute atomic E-state index is 0.104. The van der Waals surface area contributed by atoms with E-state index in [1.165, 1.54) is 22.2 Å². The van der Waals surface area contributed by atoms with Gasteiger partial charge in [-0.15, -0.1) is 6.58 Å². The molecule has 2 aromatic carbocycles. The molecule has 1 fully saturated rings. The van der Waals surface area contributed by atoms with Crippen molar-refractivity contribution in [1.82, 2.24) is 4.90 Å². The number of likely N-dealkylation sites (N-methyl/N-ethyl adjacent to an activating group) is 1. The number of rotatable bonds is 9. The molecule has 1 heterocycles. The Labute approximate surface area is 192 Å². The summed E-state index contributed by atoms with van der Waals surface area (Å²) in [6, 6.07) is 11.7. The third-order valence-corrected chi connectivity index (χ3v) is 6.13. The number of carbonyl (C=O) groups excluding carboxylic acids is 1. The zero-order chi connectivity index (χ0) is 22.4. The van der Waals surface area contributed by atoms with Gasteiger partial charge in [0.2, 0.25) is 0 Å². The van der Waals surface area contributed by atoms with Crippen LogP contribution in [0.3, 0.4) is 0 Å². The first-order valence-corrected chi connectivity index (χ1v) is 11.0. The molecule has 1 saturated heterocycles. The number of nitrogens with zero attached hydrogens (tertiary/aromatic N) is 1. The van der Waals surface area contributed by atoms with Crippen LogP contribution in [0.2, 0.25) is 0 Å². The Morgan fingerprint density at radius 2 is 1.87 bits per heavy atom. The molecule has 5 nitrogen and oxygen atoms in total. The molecule has 1 aliphatic rings. The second-order valence-corrected chi connectivity index (χ2v) is 8.63. The van der Waals surface area contributed by atoms with Crippen molar-refractivity contribution in [2.75, 3.05) is 27.4 Å². The summed E-state index contributed by atoms with van der Waals surface area (Å²) in [6.45, 7) is 6.64. The number of methoxy groups -OCH3 is 1. The number of thiocarbonyl (C=S) groups is 1. The Balaban J connectivity index is 1.76. The minimum Gasteiger partial charge on any atom is -0.493 e. The number of hydrogen-bond donors (Lipinski definition) is 0. The van der Waals surface area contributed by atoms with E-state index in [9.17, 15) is 4.79 Å². The lowest BCUT2D eigenvalue weighted by molar-refractivity contribution is -0.121. The highest BCUT2D eigenvalue weighted by Gasteiger charge is 2.28. The summed E-state index contributed by atoms with van der Waals surface area (Å²) in [5.74, 6) is 1.94. The summed E-state index contributed by atoms with van der Waals surface area (Å²) in [5.41, 5.74) is 2.94. The zero-order valence-corrected chi connectivity index (χ0v) is 19.5. The van der Waals surface area contributed by atoms with Gasteiger partial charge in [0.15, 0.2) is 11.5 Å². The fourth-order valence-electron chi connectivity index (χ4n) is 3.02. The van der Waals surface area contributed by atoms with Crippen molar-refractivity contribution >= 4 is 40.3 Å². The monoisotopic (exact) mass is 455 g/mol. The van der Waals surface area contributed by atoms with Gasteiger partial charge in [-0.1, -0.05) is 47.8 Å². The van der Waals surface area contributed by atoms with Gasteiger partial charge in [-0.2, -0.15) is 0 Å². The van der Waals surface area contributed by atoms with E-state index >= 15 is 0 Å². The number of benzene rings is 2. The van der Waals surface area contributed by atoms with E-state index < -0.39 is 0 Å². The van der Waals surface area contributed by atoms with Gasteiger partial charge in [-0.25, -0.2) is 0 Å². The van der Waals surface area contributed by atoms with E-state index in [4.69, 9.17) is 26.4 Å². The number of aryl methyl sites for hydroxylation is 1. The number of ether oxygens (including phenoxy) is 3. The second-order valence-electron chi connectivity index (χ2n) is 6.95. The zero-order valence-electron chi connectivity index (χ0n) is 17.8. The summed E-state index contributed by atoms with van der Waals surface area (Å²) in [5, 5.41) is 0. The molecular formula is C24H25NO4S2. The Hall–Kier alpha value is -2.77. The van der Waals surface area contributed by atoms with Crippen molar-refractivity contribution in [3.63, 3.8) is 0 Å². The second kappa shape index (κ2) is 10.5. The van der Waals surface area contributed by atoms with Crippen LogP contribution in [0.25, 0.3) is 6.08 Å². The third-order valence-electron chi connectivity index (χ3n) is 4.64.